The number of ether oxygens (including phenoxy) is 1. The summed E-state index contributed by atoms with van der Waals surface area (Å²) >= 11 is 0. The van der Waals surface area contributed by atoms with E-state index in [2.05, 4.69) is 22.9 Å². The molecule has 0 bridgehead atoms. The third-order valence-electron chi connectivity index (χ3n) is 4.55. The Labute approximate surface area is 149 Å². The molecule has 0 aliphatic carbocycles. The molecule has 0 radical (unpaired) electrons. The molecule has 1 amide bonds. The zero-order valence-electron chi connectivity index (χ0n) is 14.7. The van der Waals surface area contributed by atoms with E-state index in [0.717, 1.165) is 44.0 Å². The van der Waals surface area contributed by atoms with E-state index in [4.69, 9.17) is 4.74 Å². The summed E-state index contributed by atoms with van der Waals surface area (Å²) in [4.78, 5) is 21.0. The van der Waals surface area contributed by atoms with Crippen molar-refractivity contribution < 1.29 is 9.53 Å². The molecule has 2 aromatic rings. The highest BCUT2D eigenvalue weighted by molar-refractivity contribution is 5.77. The van der Waals surface area contributed by atoms with Gasteiger partial charge in [-0.3, -0.25) is 14.7 Å². The van der Waals surface area contributed by atoms with E-state index < -0.39 is 0 Å². The van der Waals surface area contributed by atoms with Crippen molar-refractivity contribution in [3.63, 3.8) is 0 Å². The van der Waals surface area contributed by atoms with Crippen LogP contribution in [0.2, 0.25) is 0 Å². The van der Waals surface area contributed by atoms with E-state index in [1.807, 2.05) is 47.5 Å². The molecule has 0 unspecified atom stereocenters. The van der Waals surface area contributed by atoms with Gasteiger partial charge in [0.2, 0.25) is 5.91 Å². The molecule has 25 heavy (non-hydrogen) atoms. The second-order valence-electron chi connectivity index (χ2n) is 6.40. The van der Waals surface area contributed by atoms with Crippen LogP contribution in [0.15, 0.2) is 48.7 Å². The van der Waals surface area contributed by atoms with Crippen molar-refractivity contribution in [3.05, 3.63) is 65.5 Å². The van der Waals surface area contributed by atoms with Gasteiger partial charge in [-0.25, -0.2) is 0 Å². The first kappa shape index (κ1) is 17.6. The van der Waals surface area contributed by atoms with Gasteiger partial charge >= 0.3 is 0 Å². The Morgan fingerprint density at radius 1 is 1.08 bits per heavy atom. The van der Waals surface area contributed by atoms with Crippen LogP contribution >= 0.6 is 0 Å². The van der Waals surface area contributed by atoms with Gasteiger partial charge in [0.1, 0.15) is 6.61 Å². The summed E-state index contributed by atoms with van der Waals surface area (Å²) in [5.41, 5.74) is 3.43. The van der Waals surface area contributed by atoms with Crippen LogP contribution in [0.25, 0.3) is 0 Å². The zero-order chi connectivity index (χ0) is 17.5. The molecule has 1 aromatic heterocycles. The zero-order valence-corrected chi connectivity index (χ0v) is 14.7. The van der Waals surface area contributed by atoms with Crippen LogP contribution in [0.3, 0.4) is 0 Å². The number of piperazine rings is 1. The van der Waals surface area contributed by atoms with E-state index in [1.54, 1.807) is 0 Å². The summed E-state index contributed by atoms with van der Waals surface area (Å²) in [6.45, 7) is 6.81. The summed E-state index contributed by atoms with van der Waals surface area (Å²) in [5, 5.41) is 0. The van der Waals surface area contributed by atoms with Crippen LogP contribution in [0.5, 0.6) is 0 Å². The van der Waals surface area contributed by atoms with Gasteiger partial charge in [0.05, 0.1) is 12.3 Å². The quantitative estimate of drug-likeness (QED) is 0.810. The van der Waals surface area contributed by atoms with Gasteiger partial charge < -0.3 is 9.64 Å². The maximum atomic E-state index is 12.3. The summed E-state index contributed by atoms with van der Waals surface area (Å²) in [5.74, 6) is 0.0737. The monoisotopic (exact) mass is 339 g/mol. The van der Waals surface area contributed by atoms with Gasteiger partial charge in [0.15, 0.2) is 0 Å². The van der Waals surface area contributed by atoms with E-state index >= 15 is 0 Å². The van der Waals surface area contributed by atoms with Gasteiger partial charge in [-0.1, -0.05) is 36.4 Å². The number of rotatable bonds is 6. The summed E-state index contributed by atoms with van der Waals surface area (Å²) in [6.07, 6.45) is 1.84. The molecule has 1 aliphatic rings. The molecule has 5 nitrogen and oxygen atoms in total. The molecule has 1 aliphatic heterocycles. The number of amides is 1. The Hall–Kier alpha value is -2.24. The van der Waals surface area contributed by atoms with E-state index in [1.165, 1.54) is 5.56 Å². The summed E-state index contributed by atoms with van der Waals surface area (Å²) < 4.78 is 5.56. The average Bonchev–Trinajstić information content (AvgIpc) is 2.65. The van der Waals surface area contributed by atoms with Crippen molar-refractivity contribution in [1.82, 2.24) is 14.8 Å². The Morgan fingerprint density at radius 2 is 1.84 bits per heavy atom. The maximum Gasteiger partial charge on any atom is 0.248 e. The molecule has 0 N–H and O–H groups in total. The van der Waals surface area contributed by atoms with Gasteiger partial charge in [0.25, 0.3) is 0 Å². The summed E-state index contributed by atoms with van der Waals surface area (Å²) in [7, 11) is 0. The lowest BCUT2D eigenvalue weighted by molar-refractivity contribution is -0.138. The smallest absolute Gasteiger partial charge is 0.248 e. The number of hydrogen-bond acceptors (Lipinski definition) is 4. The van der Waals surface area contributed by atoms with Crippen molar-refractivity contribution in [3.8, 4) is 0 Å². The van der Waals surface area contributed by atoms with Crippen molar-refractivity contribution >= 4 is 5.91 Å². The molecule has 0 atom stereocenters. The number of carbonyl (C=O) groups is 1. The first-order valence-electron chi connectivity index (χ1n) is 8.74. The predicted molar refractivity (Wildman–Crippen MR) is 96.9 cm³/mol. The largest absolute Gasteiger partial charge is 0.367 e. The first-order valence-corrected chi connectivity index (χ1v) is 8.74. The van der Waals surface area contributed by atoms with Crippen LogP contribution in [0.1, 0.15) is 16.8 Å². The van der Waals surface area contributed by atoms with Crippen LogP contribution in [0, 0.1) is 6.92 Å². The fraction of sp³-hybridized carbons (Fsp3) is 0.400. The Balaban J connectivity index is 1.39. The predicted octanol–water partition coefficient (Wildman–Crippen LogP) is 2.25. The minimum Gasteiger partial charge on any atom is -0.367 e. The van der Waals surface area contributed by atoms with Gasteiger partial charge in [-0.2, -0.15) is 0 Å². The molecule has 5 heteroatoms. The van der Waals surface area contributed by atoms with Crippen LogP contribution < -0.4 is 0 Å². The third-order valence-corrected chi connectivity index (χ3v) is 4.55. The fourth-order valence-electron chi connectivity index (χ4n) is 2.97. The van der Waals surface area contributed by atoms with E-state index in [0.29, 0.717) is 6.61 Å². The number of benzene rings is 1. The van der Waals surface area contributed by atoms with Crippen LogP contribution in [0.4, 0.5) is 0 Å². The maximum absolute atomic E-state index is 12.3. The van der Waals surface area contributed by atoms with Crippen LogP contribution in [-0.4, -0.2) is 53.5 Å². The molecule has 2 heterocycles. The Kier molecular flexibility index (Phi) is 6.14. The topological polar surface area (TPSA) is 45.7 Å². The van der Waals surface area contributed by atoms with Crippen LogP contribution in [-0.2, 0) is 22.7 Å². The lowest BCUT2D eigenvalue weighted by Gasteiger charge is -2.34. The fourth-order valence-corrected chi connectivity index (χ4v) is 2.97. The SMILES string of the molecule is Cc1cccnc1CN1CCN(C(=O)COCc2ccccc2)CC1. The molecule has 0 saturated carbocycles. The number of aryl methyl sites for hydroxylation is 1. The van der Waals surface area contributed by atoms with Crippen molar-refractivity contribution in [2.24, 2.45) is 0 Å². The van der Waals surface area contributed by atoms with Gasteiger partial charge in [0, 0.05) is 38.9 Å². The number of hydrogen-bond donors (Lipinski definition) is 0. The molecule has 132 valence electrons. The molecule has 1 fully saturated rings. The van der Waals surface area contributed by atoms with Gasteiger partial charge in [-0.15, -0.1) is 0 Å². The van der Waals surface area contributed by atoms with E-state index in [9.17, 15) is 4.79 Å². The minimum absolute atomic E-state index is 0.0737. The molecular weight excluding hydrogens is 314 g/mol. The number of aromatic nitrogens is 1. The molecule has 1 saturated heterocycles. The van der Waals surface area contributed by atoms with Crippen molar-refractivity contribution in [2.75, 3.05) is 32.8 Å². The first-order chi connectivity index (χ1) is 12.2. The number of nitrogens with zero attached hydrogens (tertiary/aromatic N) is 3. The second-order valence-corrected chi connectivity index (χ2v) is 6.40. The lowest BCUT2D eigenvalue weighted by Crippen LogP contribution is -2.49. The summed E-state index contributed by atoms with van der Waals surface area (Å²) in [6, 6.07) is 14.0. The minimum atomic E-state index is 0.0737. The van der Waals surface area contributed by atoms with Crippen molar-refractivity contribution in [2.45, 2.75) is 20.1 Å². The standard InChI is InChI=1S/C20H25N3O2/c1-17-6-5-9-21-19(17)14-22-10-12-23(13-11-22)20(24)16-25-15-18-7-3-2-4-8-18/h2-9H,10-16H2,1H3. The Bertz CT molecular complexity index is 682. The highest BCUT2D eigenvalue weighted by atomic mass is 16.5. The van der Waals surface area contributed by atoms with Crippen molar-refractivity contribution in [1.29, 1.82) is 0 Å². The average molecular weight is 339 g/mol. The highest BCUT2D eigenvalue weighted by Crippen LogP contribution is 2.10. The molecule has 1 aromatic carbocycles. The normalized spacial score (nSPS) is 15.3. The molecule has 3 rings (SSSR count). The number of carbonyl (C=O) groups excluding carboxylic acids is 1. The third kappa shape index (κ3) is 5.11. The second kappa shape index (κ2) is 8.74. The lowest BCUT2D eigenvalue weighted by atomic mass is 10.2. The molecule has 0 spiro atoms. The number of pyridine rings is 1. The Morgan fingerprint density at radius 3 is 2.56 bits per heavy atom. The molecular formula is C20H25N3O2. The highest BCUT2D eigenvalue weighted by Gasteiger charge is 2.21. The van der Waals surface area contributed by atoms with Gasteiger partial charge in [-0.05, 0) is 24.1 Å². The van der Waals surface area contributed by atoms with E-state index in [-0.39, 0.29) is 12.5 Å².